The first-order chi connectivity index (χ1) is 9.24. The third-order valence-corrected chi connectivity index (χ3v) is 3.08. The van der Waals surface area contributed by atoms with E-state index in [1.807, 2.05) is 31.2 Å². The van der Waals surface area contributed by atoms with Crippen LogP contribution in [0.25, 0.3) is 10.9 Å². The lowest BCUT2D eigenvalue weighted by molar-refractivity contribution is 0.781. The van der Waals surface area contributed by atoms with Gasteiger partial charge in [0.25, 0.3) is 0 Å². The number of aromatic nitrogens is 3. The van der Waals surface area contributed by atoms with Gasteiger partial charge in [0, 0.05) is 23.5 Å². The molecule has 94 valence electrons. The highest BCUT2D eigenvalue weighted by atomic mass is 14.9. The molecule has 0 fully saturated rings. The summed E-state index contributed by atoms with van der Waals surface area (Å²) in [7, 11) is 0. The molecule has 19 heavy (non-hydrogen) atoms. The number of rotatable bonds is 2. The topological polar surface area (TPSA) is 64.7 Å². The van der Waals surface area contributed by atoms with Gasteiger partial charge in [-0.05, 0) is 36.8 Å². The summed E-state index contributed by atoms with van der Waals surface area (Å²) >= 11 is 0. The Kier molecular flexibility index (Phi) is 2.93. The van der Waals surface area contributed by atoms with E-state index in [9.17, 15) is 0 Å². The van der Waals surface area contributed by atoms with Crippen molar-refractivity contribution in [1.29, 1.82) is 0 Å². The summed E-state index contributed by atoms with van der Waals surface area (Å²) in [6, 6.07) is 11.5. The van der Waals surface area contributed by atoms with Crippen molar-refractivity contribution in [2.45, 2.75) is 13.0 Å². The van der Waals surface area contributed by atoms with E-state index in [4.69, 9.17) is 5.73 Å². The molecule has 2 heterocycles. The highest BCUT2D eigenvalue weighted by Crippen LogP contribution is 2.21. The van der Waals surface area contributed by atoms with Gasteiger partial charge in [0.05, 0.1) is 11.6 Å². The van der Waals surface area contributed by atoms with Crippen LogP contribution >= 0.6 is 0 Å². The van der Waals surface area contributed by atoms with E-state index in [2.05, 4.69) is 21.0 Å². The molecule has 1 atom stereocenters. The highest BCUT2D eigenvalue weighted by molar-refractivity contribution is 5.79. The Labute approximate surface area is 111 Å². The molecule has 0 saturated heterocycles. The highest BCUT2D eigenvalue weighted by Gasteiger charge is 2.11. The van der Waals surface area contributed by atoms with E-state index in [1.54, 1.807) is 18.5 Å². The molecule has 0 aliphatic heterocycles. The maximum absolute atomic E-state index is 6.19. The monoisotopic (exact) mass is 250 g/mol. The Bertz CT molecular complexity index is 710. The SMILES string of the molecule is Cc1ccc2cc(C(N)c3ncccn3)ccc2n1. The van der Waals surface area contributed by atoms with Gasteiger partial charge in [0.2, 0.25) is 0 Å². The Morgan fingerprint density at radius 3 is 2.63 bits per heavy atom. The smallest absolute Gasteiger partial charge is 0.149 e. The van der Waals surface area contributed by atoms with Crippen LogP contribution < -0.4 is 5.73 Å². The van der Waals surface area contributed by atoms with Crippen molar-refractivity contribution in [2.24, 2.45) is 5.73 Å². The van der Waals surface area contributed by atoms with E-state index in [0.29, 0.717) is 5.82 Å². The Balaban J connectivity index is 2.04. The largest absolute Gasteiger partial charge is 0.318 e. The number of nitrogens with zero attached hydrogens (tertiary/aromatic N) is 3. The second-order valence-electron chi connectivity index (χ2n) is 4.49. The minimum Gasteiger partial charge on any atom is -0.318 e. The molecule has 2 N–H and O–H groups in total. The summed E-state index contributed by atoms with van der Waals surface area (Å²) in [4.78, 5) is 12.9. The lowest BCUT2D eigenvalue weighted by atomic mass is 10.0. The second-order valence-corrected chi connectivity index (χ2v) is 4.49. The fraction of sp³-hybridized carbons (Fsp3) is 0.133. The van der Waals surface area contributed by atoms with Gasteiger partial charge in [-0.1, -0.05) is 12.1 Å². The van der Waals surface area contributed by atoms with Crippen molar-refractivity contribution in [3.63, 3.8) is 0 Å². The quantitative estimate of drug-likeness (QED) is 0.758. The van der Waals surface area contributed by atoms with Crippen molar-refractivity contribution < 1.29 is 0 Å². The molecule has 3 aromatic rings. The second kappa shape index (κ2) is 4.74. The van der Waals surface area contributed by atoms with Crippen LogP contribution in [-0.4, -0.2) is 15.0 Å². The number of hydrogen-bond acceptors (Lipinski definition) is 4. The van der Waals surface area contributed by atoms with Gasteiger partial charge in [-0.25, -0.2) is 9.97 Å². The molecule has 3 rings (SSSR count). The van der Waals surface area contributed by atoms with E-state index in [-0.39, 0.29) is 6.04 Å². The van der Waals surface area contributed by atoms with Crippen LogP contribution in [0.15, 0.2) is 48.8 Å². The van der Waals surface area contributed by atoms with Gasteiger partial charge in [0.15, 0.2) is 0 Å². The number of nitrogens with two attached hydrogens (primary N) is 1. The first kappa shape index (κ1) is 11.7. The van der Waals surface area contributed by atoms with E-state index >= 15 is 0 Å². The predicted molar refractivity (Wildman–Crippen MR) is 74.5 cm³/mol. The predicted octanol–water partition coefficient (Wildman–Crippen LogP) is 2.38. The Morgan fingerprint density at radius 2 is 1.84 bits per heavy atom. The van der Waals surface area contributed by atoms with Crippen LogP contribution in [0, 0.1) is 6.92 Å². The lowest BCUT2D eigenvalue weighted by Gasteiger charge is -2.11. The van der Waals surface area contributed by atoms with E-state index < -0.39 is 0 Å². The van der Waals surface area contributed by atoms with Crippen molar-refractivity contribution in [1.82, 2.24) is 15.0 Å². The van der Waals surface area contributed by atoms with Gasteiger partial charge in [-0.3, -0.25) is 4.98 Å². The zero-order valence-electron chi connectivity index (χ0n) is 10.6. The number of benzene rings is 1. The van der Waals surface area contributed by atoms with Crippen LogP contribution in [-0.2, 0) is 0 Å². The molecule has 4 nitrogen and oxygen atoms in total. The van der Waals surface area contributed by atoms with Crippen LogP contribution in [0.3, 0.4) is 0 Å². The molecule has 0 bridgehead atoms. The maximum atomic E-state index is 6.19. The van der Waals surface area contributed by atoms with Crippen molar-refractivity contribution in [3.05, 3.63) is 65.9 Å². The summed E-state index contributed by atoms with van der Waals surface area (Å²) in [6.07, 6.45) is 3.41. The first-order valence-corrected chi connectivity index (χ1v) is 6.14. The molecule has 0 radical (unpaired) electrons. The molecule has 2 aromatic heterocycles. The van der Waals surface area contributed by atoms with Gasteiger partial charge in [0.1, 0.15) is 5.82 Å². The average Bonchev–Trinajstić information content (AvgIpc) is 2.47. The lowest BCUT2D eigenvalue weighted by Crippen LogP contribution is -2.15. The molecule has 0 aliphatic carbocycles. The summed E-state index contributed by atoms with van der Waals surface area (Å²) < 4.78 is 0. The molecule has 1 aromatic carbocycles. The van der Waals surface area contributed by atoms with Gasteiger partial charge in [-0.15, -0.1) is 0 Å². The van der Waals surface area contributed by atoms with E-state index in [1.165, 1.54) is 0 Å². The first-order valence-electron chi connectivity index (χ1n) is 6.14. The molecule has 0 aliphatic rings. The van der Waals surface area contributed by atoms with Crippen molar-refractivity contribution >= 4 is 10.9 Å². The molecular weight excluding hydrogens is 236 g/mol. The van der Waals surface area contributed by atoms with Crippen LogP contribution in [0.1, 0.15) is 23.1 Å². The van der Waals surface area contributed by atoms with Gasteiger partial charge < -0.3 is 5.73 Å². The van der Waals surface area contributed by atoms with Crippen molar-refractivity contribution in [3.8, 4) is 0 Å². The third-order valence-electron chi connectivity index (χ3n) is 3.08. The van der Waals surface area contributed by atoms with Crippen LogP contribution in [0.4, 0.5) is 0 Å². The zero-order valence-corrected chi connectivity index (χ0v) is 10.6. The fourth-order valence-electron chi connectivity index (χ4n) is 2.06. The molecule has 4 heteroatoms. The number of pyridine rings is 1. The average molecular weight is 250 g/mol. The maximum Gasteiger partial charge on any atom is 0.149 e. The molecule has 1 unspecified atom stereocenters. The summed E-state index contributed by atoms with van der Waals surface area (Å²) in [5.41, 5.74) is 9.17. The minimum absolute atomic E-state index is 0.313. The van der Waals surface area contributed by atoms with Crippen LogP contribution in [0.5, 0.6) is 0 Å². The number of fused-ring (bicyclic) bond motifs is 1. The number of hydrogen-bond donors (Lipinski definition) is 1. The molecule has 0 amide bonds. The summed E-state index contributed by atoms with van der Waals surface area (Å²) in [5, 5.41) is 1.08. The Hall–Kier alpha value is -2.33. The summed E-state index contributed by atoms with van der Waals surface area (Å²) in [5.74, 6) is 0.627. The molecular formula is C15H14N4. The van der Waals surface area contributed by atoms with Crippen molar-refractivity contribution in [2.75, 3.05) is 0 Å². The molecule has 0 spiro atoms. The number of aryl methyl sites for hydroxylation is 1. The molecule has 0 saturated carbocycles. The minimum atomic E-state index is -0.313. The van der Waals surface area contributed by atoms with Gasteiger partial charge in [-0.2, -0.15) is 0 Å². The van der Waals surface area contributed by atoms with Gasteiger partial charge >= 0.3 is 0 Å². The van der Waals surface area contributed by atoms with Crippen LogP contribution in [0.2, 0.25) is 0 Å². The standard InChI is InChI=1S/C15H14N4/c1-10-3-4-11-9-12(5-6-13(11)19-10)14(16)15-17-7-2-8-18-15/h2-9,14H,16H2,1H3. The zero-order chi connectivity index (χ0) is 13.2. The Morgan fingerprint density at radius 1 is 1.05 bits per heavy atom. The van der Waals surface area contributed by atoms with E-state index in [0.717, 1.165) is 22.2 Å². The fourth-order valence-corrected chi connectivity index (χ4v) is 2.06. The normalized spacial score (nSPS) is 12.5. The third kappa shape index (κ3) is 2.30. The summed E-state index contributed by atoms with van der Waals surface area (Å²) in [6.45, 7) is 1.98.